The van der Waals surface area contributed by atoms with Gasteiger partial charge >= 0.3 is 0 Å². The van der Waals surface area contributed by atoms with Gasteiger partial charge in [0.25, 0.3) is 0 Å². The zero-order chi connectivity index (χ0) is 12.6. The molecule has 0 aliphatic heterocycles. The van der Waals surface area contributed by atoms with Crippen molar-refractivity contribution in [3.8, 4) is 5.75 Å². The molecule has 0 atom stereocenters. The molecule has 2 nitrogen and oxygen atoms in total. The highest BCUT2D eigenvalue weighted by Gasteiger charge is 2.29. The molecule has 0 aromatic heterocycles. The van der Waals surface area contributed by atoms with Crippen LogP contribution in [0.4, 0.5) is 0 Å². The Bertz CT molecular complexity index is 406. The predicted octanol–water partition coefficient (Wildman–Crippen LogP) is 3.33. The van der Waals surface area contributed by atoms with E-state index in [2.05, 4.69) is 32.9 Å². The van der Waals surface area contributed by atoms with Gasteiger partial charge in [0.2, 0.25) is 0 Å². The predicted molar refractivity (Wildman–Crippen MR) is 71.8 cm³/mol. The average Bonchev–Trinajstić information content (AvgIpc) is 2.24. The molecular weight excluding hydrogens is 210 g/mol. The lowest BCUT2D eigenvalue weighted by atomic mass is 9.74. The minimum Gasteiger partial charge on any atom is -0.496 e. The highest BCUT2D eigenvalue weighted by atomic mass is 16.5. The van der Waals surface area contributed by atoms with Crippen LogP contribution >= 0.6 is 0 Å². The Balaban J connectivity index is 2.36. The smallest absolute Gasteiger partial charge is 0.122 e. The molecule has 0 heterocycles. The first-order valence-corrected chi connectivity index (χ1v) is 6.47. The minimum atomic E-state index is 0.406. The molecule has 0 spiro atoms. The number of rotatable bonds is 3. The van der Waals surface area contributed by atoms with Crippen LogP contribution in [0, 0.1) is 6.92 Å². The lowest BCUT2D eigenvalue weighted by Gasteiger charge is -2.34. The van der Waals surface area contributed by atoms with Crippen molar-refractivity contribution in [2.24, 2.45) is 5.73 Å². The van der Waals surface area contributed by atoms with E-state index in [1.54, 1.807) is 7.11 Å². The molecule has 94 valence electrons. The summed E-state index contributed by atoms with van der Waals surface area (Å²) in [5.41, 5.74) is 10.0. The molecule has 1 aromatic carbocycles. The summed E-state index contributed by atoms with van der Waals surface area (Å²) in [6.07, 6.45) is 2.26. The van der Waals surface area contributed by atoms with Crippen molar-refractivity contribution >= 4 is 0 Å². The second-order valence-electron chi connectivity index (χ2n) is 5.53. The van der Waals surface area contributed by atoms with Gasteiger partial charge in [-0.15, -0.1) is 0 Å². The molecular formula is C15H23NO. The van der Waals surface area contributed by atoms with Crippen molar-refractivity contribution in [2.75, 3.05) is 7.11 Å². The molecule has 17 heavy (non-hydrogen) atoms. The molecule has 1 aliphatic carbocycles. The normalized spacial score (nSPS) is 23.6. The van der Waals surface area contributed by atoms with Gasteiger partial charge in [0.15, 0.2) is 0 Å². The Morgan fingerprint density at radius 3 is 2.41 bits per heavy atom. The fourth-order valence-corrected chi connectivity index (χ4v) is 2.70. The summed E-state index contributed by atoms with van der Waals surface area (Å²) in [7, 11) is 1.75. The van der Waals surface area contributed by atoms with Crippen LogP contribution < -0.4 is 10.5 Å². The average molecular weight is 233 g/mol. The maximum atomic E-state index is 5.89. The van der Waals surface area contributed by atoms with Gasteiger partial charge < -0.3 is 10.5 Å². The van der Waals surface area contributed by atoms with Crippen molar-refractivity contribution in [2.45, 2.75) is 51.5 Å². The van der Waals surface area contributed by atoms with E-state index >= 15 is 0 Å². The van der Waals surface area contributed by atoms with E-state index in [4.69, 9.17) is 10.5 Å². The van der Waals surface area contributed by atoms with Gasteiger partial charge in [0.05, 0.1) is 7.11 Å². The summed E-state index contributed by atoms with van der Waals surface area (Å²) in [6.45, 7) is 6.60. The van der Waals surface area contributed by atoms with E-state index in [9.17, 15) is 0 Å². The maximum absolute atomic E-state index is 5.89. The fraction of sp³-hybridized carbons (Fsp3) is 0.600. The molecule has 1 saturated carbocycles. The lowest BCUT2D eigenvalue weighted by molar-refractivity contribution is 0.349. The Morgan fingerprint density at radius 2 is 1.94 bits per heavy atom. The van der Waals surface area contributed by atoms with E-state index < -0.39 is 0 Å². The monoisotopic (exact) mass is 233 g/mol. The summed E-state index contributed by atoms with van der Waals surface area (Å²) < 4.78 is 5.47. The van der Waals surface area contributed by atoms with Crippen LogP contribution in [0.1, 0.15) is 55.2 Å². The molecule has 0 saturated heterocycles. The molecule has 0 amide bonds. The van der Waals surface area contributed by atoms with Crippen LogP contribution in [-0.2, 0) is 0 Å². The summed E-state index contributed by atoms with van der Waals surface area (Å²) >= 11 is 0. The summed E-state index contributed by atoms with van der Waals surface area (Å²) in [5.74, 6) is 2.18. The van der Waals surface area contributed by atoms with Crippen molar-refractivity contribution < 1.29 is 4.74 Å². The molecule has 1 aliphatic rings. The van der Waals surface area contributed by atoms with E-state index in [0.717, 1.165) is 18.6 Å². The molecule has 2 rings (SSSR count). The van der Waals surface area contributed by atoms with E-state index in [1.807, 2.05) is 0 Å². The number of methoxy groups -OCH3 is 1. The molecule has 1 aromatic rings. The standard InChI is InChI=1S/C15H23NO/c1-9(2)13-8-14(11-6-12(16)7-11)10(3)5-15(13)17-4/h5,8-9,11-12H,6-7,16H2,1-4H3. The molecule has 2 heteroatoms. The molecule has 0 bridgehead atoms. The third kappa shape index (κ3) is 2.32. The SMILES string of the molecule is COc1cc(C)c(C2CC(N)C2)cc1C(C)C. The van der Waals surface area contributed by atoms with Gasteiger partial charge in [0.1, 0.15) is 5.75 Å². The lowest BCUT2D eigenvalue weighted by Crippen LogP contribution is -2.35. The van der Waals surface area contributed by atoms with Crippen LogP contribution in [0.25, 0.3) is 0 Å². The van der Waals surface area contributed by atoms with Gasteiger partial charge in [0, 0.05) is 6.04 Å². The van der Waals surface area contributed by atoms with Gasteiger partial charge in [-0.25, -0.2) is 0 Å². The number of hydrogen-bond acceptors (Lipinski definition) is 2. The number of nitrogens with two attached hydrogens (primary N) is 1. The van der Waals surface area contributed by atoms with E-state index in [1.165, 1.54) is 16.7 Å². The number of aryl methyl sites for hydroxylation is 1. The van der Waals surface area contributed by atoms with Crippen LogP contribution in [0.5, 0.6) is 5.75 Å². The van der Waals surface area contributed by atoms with Crippen molar-refractivity contribution in [1.82, 2.24) is 0 Å². The topological polar surface area (TPSA) is 35.2 Å². The molecule has 1 fully saturated rings. The van der Waals surface area contributed by atoms with Crippen molar-refractivity contribution in [3.05, 3.63) is 28.8 Å². The largest absolute Gasteiger partial charge is 0.496 e. The Hall–Kier alpha value is -1.02. The second kappa shape index (κ2) is 4.69. The first kappa shape index (κ1) is 12.4. The van der Waals surface area contributed by atoms with Gasteiger partial charge in [-0.05, 0) is 54.4 Å². The van der Waals surface area contributed by atoms with Crippen LogP contribution in [0.2, 0.25) is 0 Å². The highest BCUT2D eigenvalue weighted by Crippen LogP contribution is 2.40. The maximum Gasteiger partial charge on any atom is 0.122 e. The highest BCUT2D eigenvalue weighted by molar-refractivity contribution is 5.45. The van der Waals surface area contributed by atoms with Crippen molar-refractivity contribution in [3.63, 3.8) is 0 Å². The minimum absolute atomic E-state index is 0.406. The Labute approximate surface area is 104 Å². The first-order valence-electron chi connectivity index (χ1n) is 6.47. The third-order valence-corrected chi connectivity index (χ3v) is 3.85. The van der Waals surface area contributed by atoms with Gasteiger partial charge in [-0.2, -0.15) is 0 Å². The van der Waals surface area contributed by atoms with Gasteiger partial charge in [-0.3, -0.25) is 0 Å². The van der Waals surface area contributed by atoms with Gasteiger partial charge in [-0.1, -0.05) is 19.9 Å². The quantitative estimate of drug-likeness (QED) is 0.869. The zero-order valence-corrected chi connectivity index (χ0v) is 11.3. The van der Waals surface area contributed by atoms with E-state index in [-0.39, 0.29) is 0 Å². The van der Waals surface area contributed by atoms with E-state index in [0.29, 0.717) is 17.9 Å². The second-order valence-corrected chi connectivity index (χ2v) is 5.53. The number of benzene rings is 1. The molecule has 0 unspecified atom stereocenters. The Morgan fingerprint density at radius 1 is 1.29 bits per heavy atom. The summed E-state index contributed by atoms with van der Waals surface area (Å²) in [4.78, 5) is 0. The first-order chi connectivity index (χ1) is 8.02. The van der Waals surface area contributed by atoms with Crippen LogP contribution in [-0.4, -0.2) is 13.2 Å². The number of hydrogen-bond donors (Lipinski definition) is 1. The van der Waals surface area contributed by atoms with Crippen LogP contribution in [0.3, 0.4) is 0 Å². The molecule has 2 N–H and O–H groups in total. The summed E-state index contributed by atoms with van der Waals surface area (Å²) in [6, 6.07) is 4.91. The van der Waals surface area contributed by atoms with Crippen molar-refractivity contribution in [1.29, 1.82) is 0 Å². The number of ether oxygens (including phenoxy) is 1. The summed E-state index contributed by atoms with van der Waals surface area (Å²) in [5, 5.41) is 0. The third-order valence-electron chi connectivity index (χ3n) is 3.85. The zero-order valence-electron chi connectivity index (χ0n) is 11.3. The fourth-order valence-electron chi connectivity index (χ4n) is 2.70. The molecule has 0 radical (unpaired) electrons. The Kier molecular flexibility index (Phi) is 3.43. The van der Waals surface area contributed by atoms with Crippen LogP contribution in [0.15, 0.2) is 12.1 Å².